The molecule has 1 aliphatic carbocycles. The number of amidine groups is 1. The standard InChI is InChI=1S/C25H27ClN4O/c1-15-4-5-18(19-10-17(14-27)11-21(26)12-19)13-23(15)25(29-16(2)24(28)30-25)20-6-8-22(31-3)9-7-20/h4-5,10-13,20,22H,6-9H2,1-3H3,(H2,28,30). The van der Waals surface area contributed by atoms with E-state index < -0.39 is 5.66 Å². The Hall–Kier alpha value is -2.68. The molecule has 1 saturated carbocycles. The highest BCUT2D eigenvalue weighted by Gasteiger charge is 2.46. The lowest BCUT2D eigenvalue weighted by Gasteiger charge is -2.38. The number of nitriles is 1. The van der Waals surface area contributed by atoms with Crippen LogP contribution in [0.3, 0.4) is 0 Å². The second kappa shape index (κ2) is 8.45. The highest BCUT2D eigenvalue weighted by molar-refractivity contribution is 6.41. The summed E-state index contributed by atoms with van der Waals surface area (Å²) in [7, 11) is 1.78. The number of halogens is 1. The number of aryl methyl sites for hydroxylation is 1. The molecule has 0 bridgehead atoms. The van der Waals surface area contributed by atoms with Gasteiger partial charge in [0, 0.05) is 23.6 Å². The predicted octanol–water partition coefficient (Wildman–Crippen LogP) is 5.38. The van der Waals surface area contributed by atoms with Crippen LogP contribution in [-0.4, -0.2) is 24.8 Å². The maximum Gasteiger partial charge on any atom is 0.181 e. The van der Waals surface area contributed by atoms with E-state index in [1.807, 2.05) is 19.1 Å². The van der Waals surface area contributed by atoms with Gasteiger partial charge in [0.15, 0.2) is 5.66 Å². The molecule has 1 atom stereocenters. The van der Waals surface area contributed by atoms with E-state index in [0.717, 1.165) is 53.6 Å². The molecule has 1 heterocycles. The van der Waals surface area contributed by atoms with Crippen molar-refractivity contribution in [2.45, 2.75) is 51.3 Å². The summed E-state index contributed by atoms with van der Waals surface area (Å²) in [5.74, 6) is 0.756. The molecule has 2 aromatic carbocycles. The van der Waals surface area contributed by atoms with Crippen LogP contribution in [-0.2, 0) is 10.4 Å². The van der Waals surface area contributed by atoms with Crippen molar-refractivity contribution in [3.05, 3.63) is 58.1 Å². The van der Waals surface area contributed by atoms with E-state index in [1.54, 1.807) is 13.2 Å². The van der Waals surface area contributed by atoms with Crippen molar-refractivity contribution in [3.63, 3.8) is 0 Å². The van der Waals surface area contributed by atoms with E-state index in [1.165, 1.54) is 0 Å². The third kappa shape index (κ3) is 3.98. The van der Waals surface area contributed by atoms with Crippen LogP contribution < -0.4 is 5.73 Å². The van der Waals surface area contributed by atoms with E-state index in [4.69, 9.17) is 32.1 Å². The largest absolute Gasteiger partial charge is 0.382 e. The minimum Gasteiger partial charge on any atom is -0.382 e. The summed E-state index contributed by atoms with van der Waals surface area (Å²) >= 11 is 6.27. The summed E-state index contributed by atoms with van der Waals surface area (Å²) in [5, 5.41) is 9.89. The fourth-order valence-electron chi connectivity index (χ4n) is 4.85. The first-order valence-corrected chi connectivity index (χ1v) is 11.0. The highest BCUT2D eigenvalue weighted by Crippen LogP contribution is 2.47. The Morgan fingerprint density at radius 2 is 1.81 bits per heavy atom. The smallest absolute Gasteiger partial charge is 0.181 e. The summed E-state index contributed by atoms with van der Waals surface area (Å²) in [4.78, 5) is 10.0. The lowest BCUT2D eigenvalue weighted by Crippen LogP contribution is -2.36. The Morgan fingerprint density at radius 3 is 2.42 bits per heavy atom. The van der Waals surface area contributed by atoms with Crippen molar-refractivity contribution in [1.29, 1.82) is 5.26 Å². The average molecular weight is 435 g/mol. The number of nitrogens with two attached hydrogens (primary N) is 1. The van der Waals surface area contributed by atoms with E-state index in [0.29, 0.717) is 22.5 Å². The average Bonchev–Trinajstić information content (AvgIpc) is 3.08. The molecule has 2 N–H and O–H groups in total. The topological polar surface area (TPSA) is 83.8 Å². The van der Waals surface area contributed by atoms with Crippen molar-refractivity contribution in [3.8, 4) is 17.2 Å². The van der Waals surface area contributed by atoms with Crippen LogP contribution in [0.2, 0.25) is 5.02 Å². The normalized spacial score (nSPS) is 25.6. The zero-order valence-corrected chi connectivity index (χ0v) is 18.9. The second-order valence-corrected chi connectivity index (χ2v) is 8.94. The number of hydrogen-bond acceptors (Lipinski definition) is 5. The molecule has 4 rings (SSSR count). The number of aliphatic imine (C=N–C) groups is 2. The Morgan fingerprint density at radius 1 is 1.06 bits per heavy atom. The Balaban J connectivity index is 1.83. The fourth-order valence-corrected chi connectivity index (χ4v) is 5.08. The zero-order valence-electron chi connectivity index (χ0n) is 18.2. The van der Waals surface area contributed by atoms with Crippen molar-refractivity contribution in [2.75, 3.05) is 7.11 Å². The molecule has 1 unspecified atom stereocenters. The van der Waals surface area contributed by atoms with Crippen molar-refractivity contribution in [2.24, 2.45) is 21.6 Å². The minimum absolute atomic E-state index is 0.248. The van der Waals surface area contributed by atoms with Gasteiger partial charge >= 0.3 is 0 Å². The van der Waals surface area contributed by atoms with E-state index >= 15 is 0 Å². The molecule has 0 amide bonds. The first-order chi connectivity index (χ1) is 14.9. The lowest BCUT2D eigenvalue weighted by atomic mass is 9.74. The maximum absolute atomic E-state index is 9.35. The lowest BCUT2D eigenvalue weighted by molar-refractivity contribution is 0.0426. The number of hydrogen-bond donors (Lipinski definition) is 1. The first kappa shape index (κ1) is 21.5. The van der Waals surface area contributed by atoms with Crippen molar-refractivity contribution >= 4 is 23.1 Å². The molecule has 5 nitrogen and oxygen atoms in total. The van der Waals surface area contributed by atoms with Gasteiger partial charge in [0.1, 0.15) is 5.84 Å². The van der Waals surface area contributed by atoms with Gasteiger partial charge in [-0.05, 0) is 80.5 Å². The third-order valence-electron chi connectivity index (χ3n) is 6.57. The maximum atomic E-state index is 9.35. The van der Waals surface area contributed by atoms with Crippen LogP contribution in [0.4, 0.5) is 0 Å². The van der Waals surface area contributed by atoms with E-state index in [9.17, 15) is 5.26 Å². The number of benzene rings is 2. The van der Waals surface area contributed by atoms with Crippen LogP contribution in [0.15, 0.2) is 46.4 Å². The zero-order chi connectivity index (χ0) is 22.2. The molecular weight excluding hydrogens is 408 g/mol. The van der Waals surface area contributed by atoms with Gasteiger partial charge in [0.25, 0.3) is 0 Å². The molecule has 2 aliphatic rings. The van der Waals surface area contributed by atoms with Gasteiger partial charge in [-0.15, -0.1) is 0 Å². The molecule has 160 valence electrons. The summed E-state index contributed by atoms with van der Waals surface area (Å²) in [6, 6.07) is 13.9. The Labute approximate surface area is 188 Å². The highest BCUT2D eigenvalue weighted by atomic mass is 35.5. The fraction of sp³-hybridized carbons (Fsp3) is 0.400. The molecule has 0 saturated heterocycles. The Bertz CT molecular complexity index is 1090. The van der Waals surface area contributed by atoms with Crippen LogP contribution in [0.25, 0.3) is 11.1 Å². The molecule has 1 aliphatic heterocycles. The molecule has 0 aromatic heterocycles. The summed E-state index contributed by atoms with van der Waals surface area (Å²) < 4.78 is 5.58. The molecule has 31 heavy (non-hydrogen) atoms. The first-order valence-electron chi connectivity index (χ1n) is 10.6. The SMILES string of the molecule is COC1CCC(C2(c3cc(-c4cc(Cl)cc(C#N)c4)ccc3C)N=C(C)C(N)=N2)CC1. The number of methoxy groups -OCH3 is 1. The summed E-state index contributed by atoms with van der Waals surface area (Å²) in [5.41, 5.74) is 10.9. The van der Waals surface area contributed by atoms with Gasteiger partial charge in [0.05, 0.1) is 23.4 Å². The monoisotopic (exact) mass is 434 g/mol. The van der Waals surface area contributed by atoms with Gasteiger partial charge in [-0.2, -0.15) is 5.26 Å². The van der Waals surface area contributed by atoms with Gasteiger partial charge < -0.3 is 10.5 Å². The minimum atomic E-state index is -0.719. The third-order valence-corrected chi connectivity index (χ3v) is 6.79. The second-order valence-electron chi connectivity index (χ2n) is 8.50. The molecule has 1 fully saturated rings. The Kier molecular flexibility index (Phi) is 5.88. The van der Waals surface area contributed by atoms with Crippen LogP contribution in [0.1, 0.15) is 49.3 Å². The van der Waals surface area contributed by atoms with Crippen molar-refractivity contribution in [1.82, 2.24) is 0 Å². The van der Waals surface area contributed by atoms with E-state index in [2.05, 4.69) is 31.2 Å². The van der Waals surface area contributed by atoms with Gasteiger partial charge in [0.2, 0.25) is 0 Å². The van der Waals surface area contributed by atoms with Gasteiger partial charge in [-0.25, -0.2) is 4.99 Å². The van der Waals surface area contributed by atoms with Gasteiger partial charge in [-0.3, -0.25) is 4.99 Å². The number of rotatable bonds is 4. The van der Waals surface area contributed by atoms with Crippen LogP contribution >= 0.6 is 11.6 Å². The number of ether oxygens (including phenoxy) is 1. The molecular formula is C25H27ClN4O. The molecule has 0 radical (unpaired) electrons. The van der Waals surface area contributed by atoms with Crippen LogP contribution in [0.5, 0.6) is 0 Å². The summed E-state index contributed by atoms with van der Waals surface area (Å²) in [6.07, 6.45) is 4.23. The predicted molar refractivity (Wildman–Crippen MR) is 126 cm³/mol. The van der Waals surface area contributed by atoms with E-state index in [-0.39, 0.29) is 5.92 Å². The quantitative estimate of drug-likeness (QED) is 0.701. The van der Waals surface area contributed by atoms with Crippen LogP contribution in [0, 0.1) is 24.2 Å². The molecule has 2 aromatic rings. The van der Waals surface area contributed by atoms with Crippen molar-refractivity contribution < 1.29 is 4.74 Å². The van der Waals surface area contributed by atoms with Gasteiger partial charge in [-0.1, -0.05) is 23.7 Å². The molecule has 0 spiro atoms. The number of nitrogens with zero attached hydrogens (tertiary/aromatic N) is 3. The molecule has 6 heteroatoms. The summed E-state index contributed by atoms with van der Waals surface area (Å²) in [6.45, 7) is 4.02.